The van der Waals surface area contributed by atoms with Gasteiger partial charge in [-0.15, -0.1) is 0 Å². The fraction of sp³-hybridized carbons (Fsp3) is 0.407. The summed E-state index contributed by atoms with van der Waals surface area (Å²) in [4.78, 5) is 26.5. The molecule has 0 radical (unpaired) electrons. The molecule has 0 aliphatic carbocycles. The topological polar surface area (TPSA) is 82.8 Å². The second kappa shape index (κ2) is 8.93. The van der Waals surface area contributed by atoms with E-state index in [4.69, 9.17) is 4.42 Å². The molecule has 1 unspecified atom stereocenters. The number of carboxylic acid groups (broad SMARTS) is 1. The van der Waals surface area contributed by atoms with E-state index in [9.17, 15) is 14.7 Å². The fourth-order valence-corrected chi connectivity index (χ4v) is 4.52. The van der Waals surface area contributed by atoms with Gasteiger partial charge in [0.1, 0.15) is 5.58 Å². The standard InChI is InChI=1S/C27H32N2O4/c1-17-13-20(18(2)28-22-8-6-5-7-19(22)15-25(31)32)26-21(14-17)23(30)16-24(33-26)29-11-9-27(3,4)10-12-29/h5-8,13-14,16,18,28H,9-12,15H2,1-4H3,(H,31,32). The molecule has 1 aliphatic rings. The zero-order valence-electron chi connectivity index (χ0n) is 19.8. The molecule has 1 aliphatic heterocycles. The maximum absolute atomic E-state index is 13.1. The Hall–Kier alpha value is -3.28. The SMILES string of the molecule is Cc1cc(C(C)Nc2ccccc2CC(=O)O)c2oc(N3CCC(C)(C)CC3)cc(=O)c2c1. The lowest BCUT2D eigenvalue weighted by atomic mass is 9.83. The number of carbonyl (C=O) groups is 1. The lowest BCUT2D eigenvalue weighted by Gasteiger charge is -2.37. The van der Waals surface area contributed by atoms with Crippen molar-refractivity contribution in [1.82, 2.24) is 0 Å². The number of fused-ring (bicyclic) bond motifs is 1. The van der Waals surface area contributed by atoms with Crippen molar-refractivity contribution in [2.45, 2.75) is 53.0 Å². The van der Waals surface area contributed by atoms with Gasteiger partial charge in [0.05, 0.1) is 17.8 Å². The monoisotopic (exact) mass is 448 g/mol. The molecule has 1 saturated heterocycles. The van der Waals surface area contributed by atoms with E-state index in [1.807, 2.05) is 50.2 Å². The molecule has 1 aromatic heterocycles. The molecular weight excluding hydrogens is 416 g/mol. The van der Waals surface area contributed by atoms with Crippen LogP contribution in [0.5, 0.6) is 0 Å². The van der Waals surface area contributed by atoms with Crippen molar-refractivity contribution in [2.75, 3.05) is 23.3 Å². The molecule has 2 aromatic carbocycles. The molecule has 4 rings (SSSR count). The van der Waals surface area contributed by atoms with Crippen molar-refractivity contribution >= 4 is 28.5 Å². The Kier molecular flexibility index (Phi) is 6.19. The summed E-state index contributed by atoms with van der Waals surface area (Å²) >= 11 is 0. The van der Waals surface area contributed by atoms with Gasteiger partial charge in [-0.25, -0.2) is 0 Å². The number of aryl methyl sites for hydroxylation is 1. The largest absolute Gasteiger partial charge is 0.481 e. The summed E-state index contributed by atoms with van der Waals surface area (Å²) in [5.41, 5.74) is 4.18. The molecule has 6 heteroatoms. The zero-order chi connectivity index (χ0) is 23.8. The summed E-state index contributed by atoms with van der Waals surface area (Å²) in [6.07, 6.45) is 2.04. The maximum atomic E-state index is 13.1. The van der Waals surface area contributed by atoms with E-state index in [0.717, 1.165) is 42.7 Å². The van der Waals surface area contributed by atoms with E-state index < -0.39 is 5.97 Å². The van der Waals surface area contributed by atoms with Gasteiger partial charge < -0.3 is 19.7 Å². The van der Waals surface area contributed by atoms with Gasteiger partial charge >= 0.3 is 5.97 Å². The lowest BCUT2D eigenvalue weighted by Crippen LogP contribution is -2.37. The Morgan fingerprint density at radius 3 is 2.58 bits per heavy atom. The molecule has 2 heterocycles. The minimum absolute atomic E-state index is 0.0421. The Balaban J connectivity index is 1.72. The number of rotatable bonds is 6. The van der Waals surface area contributed by atoms with Crippen LogP contribution in [-0.2, 0) is 11.2 Å². The summed E-state index contributed by atoms with van der Waals surface area (Å²) in [6, 6.07) is 12.7. The highest BCUT2D eigenvalue weighted by molar-refractivity contribution is 5.83. The van der Waals surface area contributed by atoms with Crippen molar-refractivity contribution in [3.05, 3.63) is 69.4 Å². The average molecular weight is 449 g/mol. The summed E-state index contributed by atoms with van der Waals surface area (Å²) in [7, 11) is 0. The quantitative estimate of drug-likeness (QED) is 0.516. The van der Waals surface area contributed by atoms with Crippen molar-refractivity contribution in [3.8, 4) is 0 Å². The number of nitrogens with one attached hydrogen (secondary N) is 1. The summed E-state index contributed by atoms with van der Waals surface area (Å²) in [6.45, 7) is 10.2. The van der Waals surface area contributed by atoms with Gasteiger partial charge in [-0.3, -0.25) is 9.59 Å². The van der Waals surface area contributed by atoms with E-state index in [1.165, 1.54) is 0 Å². The minimum atomic E-state index is -0.877. The second-order valence-electron chi connectivity index (χ2n) is 9.92. The molecule has 1 atom stereocenters. The number of piperidine rings is 1. The predicted molar refractivity (Wildman–Crippen MR) is 132 cm³/mol. The molecule has 0 amide bonds. The van der Waals surface area contributed by atoms with Crippen LogP contribution in [0.4, 0.5) is 11.6 Å². The highest BCUT2D eigenvalue weighted by atomic mass is 16.4. The molecule has 6 nitrogen and oxygen atoms in total. The van der Waals surface area contributed by atoms with E-state index in [1.54, 1.807) is 6.07 Å². The Labute approximate surface area is 194 Å². The van der Waals surface area contributed by atoms with Crippen LogP contribution in [-0.4, -0.2) is 24.2 Å². The molecule has 3 aromatic rings. The van der Waals surface area contributed by atoms with E-state index in [-0.39, 0.29) is 17.9 Å². The Morgan fingerprint density at radius 1 is 1.18 bits per heavy atom. The number of nitrogens with zero attached hydrogens (tertiary/aromatic N) is 1. The van der Waals surface area contributed by atoms with Gasteiger partial charge in [-0.1, -0.05) is 38.1 Å². The summed E-state index contributed by atoms with van der Waals surface area (Å²) < 4.78 is 6.38. The number of hydrogen-bond donors (Lipinski definition) is 2. The van der Waals surface area contributed by atoms with Crippen LogP contribution < -0.4 is 15.6 Å². The smallest absolute Gasteiger partial charge is 0.307 e. The van der Waals surface area contributed by atoms with Gasteiger partial charge in [-0.05, 0) is 55.4 Å². The predicted octanol–water partition coefficient (Wildman–Crippen LogP) is 5.53. The first-order valence-electron chi connectivity index (χ1n) is 11.5. The van der Waals surface area contributed by atoms with Crippen molar-refractivity contribution in [1.29, 1.82) is 0 Å². The van der Waals surface area contributed by atoms with Crippen molar-refractivity contribution in [2.24, 2.45) is 5.41 Å². The third-order valence-electron chi connectivity index (χ3n) is 6.61. The van der Waals surface area contributed by atoms with E-state index in [0.29, 0.717) is 27.8 Å². The Morgan fingerprint density at radius 2 is 1.88 bits per heavy atom. The van der Waals surface area contributed by atoms with Gasteiger partial charge in [0, 0.05) is 30.4 Å². The van der Waals surface area contributed by atoms with Crippen molar-refractivity contribution < 1.29 is 14.3 Å². The maximum Gasteiger partial charge on any atom is 0.307 e. The van der Waals surface area contributed by atoms with Crippen LogP contribution in [0.3, 0.4) is 0 Å². The van der Waals surface area contributed by atoms with Crippen LogP contribution in [0.2, 0.25) is 0 Å². The molecule has 0 bridgehead atoms. The molecule has 0 spiro atoms. The van der Waals surface area contributed by atoms with Crippen LogP contribution >= 0.6 is 0 Å². The van der Waals surface area contributed by atoms with Crippen molar-refractivity contribution in [3.63, 3.8) is 0 Å². The molecule has 1 fully saturated rings. The first kappa shape index (κ1) is 22.9. The third kappa shape index (κ3) is 5.05. The third-order valence-corrected chi connectivity index (χ3v) is 6.61. The molecule has 174 valence electrons. The van der Waals surface area contributed by atoms with Gasteiger partial charge in [0.15, 0.2) is 11.3 Å². The number of carboxylic acids is 1. The molecular formula is C27H32N2O4. The summed E-state index contributed by atoms with van der Waals surface area (Å²) in [5, 5.41) is 13.3. The highest BCUT2D eigenvalue weighted by Gasteiger charge is 2.27. The minimum Gasteiger partial charge on any atom is -0.481 e. The van der Waals surface area contributed by atoms with Crippen LogP contribution in [0.1, 0.15) is 56.3 Å². The van der Waals surface area contributed by atoms with Crippen LogP contribution in [0.15, 0.2) is 51.7 Å². The average Bonchev–Trinajstić information content (AvgIpc) is 2.74. The molecule has 0 saturated carbocycles. The fourth-order valence-electron chi connectivity index (χ4n) is 4.52. The summed E-state index contributed by atoms with van der Waals surface area (Å²) in [5.74, 6) is -0.259. The van der Waals surface area contributed by atoms with Gasteiger partial charge in [0.25, 0.3) is 0 Å². The number of hydrogen-bond acceptors (Lipinski definition) is 5. The highest BCUT2D eigenvalue weighted by Crippen LogP contribution is 2.34. The molecule has 33 heavy (non-hydrogen) atoms. The first-order valence-corrected chi connectivity index (χ1v) is 11.5. The number of benzene rings is 2. The number of aliphatic carboxylic acids is 1. The van der Waals surface area contributed by atoms with Gasteiger partial charge in [-0.2, -0.15) is 0 Å². The lowest BCUT2D eigenvalue weighted by molar-refractivity contribution is -0.136. The second-order valence-corrected chi connectivity index (χ2v) is 9.92. The zero-order valence-corrected chi connectivity index (χ0v) is 19.8. The number of anilines is 2. The normalized spacial score (nSPS) is 16.5. The molecule has 2 N–H and O–H groups in total. The number of para-hydroxylation sites is 1. The van der Waals surface area contributed by atoms with E-state index in [2.05, 4.69) is 24.1 Å². The Bertz CT molecular complexity index is 1230. The van der Waals surface area contributed by atoms with Gasteiger partial charge in [0.2, 0.25) is 0 Å². The first-order chi connectivity index (χ1) is 15.6. The van der Waals surface area contributed by atoms with E-state index >= 15 is 0 Å². The van der Waals surface area contributed by atoms with Crippen LogP contribution in [0, 0.1) is 12.3 Å². The van der Waals surface area contributed by atoms with Crippen LogP contribution in [0.25, 0.3) is 11.0 Å².